The minimum absolute atomic E-state index is 0.0991. The van der Waals surface area contributed by atoms with Crippen molar-refractivity contribution in [2.45, 2.75) is 19.4 Å². The number of carbonyl (C=O) groups excluding carboxylic acids is 1. The van der Waals surface area contributed by atoms with Crippen molar-refractivity contribution < 1.29 is 19.4 Å². The summed E-state index contributed by atoms with van der Waals surface area (Å²) in [6.07, 6.45) is 0.392. The molecule has 3 rings (SSSR count). The van der Waals surface area contributed by atoms with Crippen molar-refractivity contribution in [3.63, 3.8) is 0 Å². The van der Waals surface area contributed by atoms with Crippen molar-refractivity contribution in [3.8, 4) is 5.75 Å². The molecule has 0 aliphatic carbocycles. The molecule has 1 aliphatic heterocycles. The number of methoxy groups -OCH3 is 1. The van der Waals surface area contributed by atoms with Crippen molar-refractivity contribution >= 4 is 11.7 Å². The molecular weight excluding hydrogens is 330 g/mol. The van der Waals surface area contributed by atoms with Gasteiger partial charge >= 0.3 is 5.97 Å². The molecule has 0 radical (unpaired) electrons. The minimum atomic E-state index is -0.475. The van der Waals surface area contributed by atoms with Crippen molar-refractivity contribution in [2.75, 3.05) is 25.2 Å². The van der Waals surface area contributed by atoms with Crippen LogP contribution in [0.25, 0.3) is 0 Å². The molecule has 0 saturated heterocycles. The maximum atomic E-state index is 12.6. The lowest BCUT2D eigenvalue weighted by molar-refractivity contribution is -0.139. The molecule has 0 aromatic heterocycles. The van der Waals surface area contributed by atoms with Crippen LogP contribution in [0.3, 0.4) is 0 Å². The molecule has 2 aromatic carbocycles. The zero-order valence-corrected chi connectivity index (χ0v) is 15.0. The van der Waals surface area contributed by atoms with Crippen LogP contribution >= 0.6 is 0 Å². The fraction of sp³-hybridized carbons (Fsp3) is 0.286. The number of benzene rings is 2. The van der Waals surface area contributed by atoms with Gasteiger partial charge in [-0.15, -0.1) is 0 Å². The van der Waals surface area contributed by atoms with Crippen LogP contribution in [0.2, 0.25) is 0 Å². The molecule has 0 fully saturated rings. The number of rotatable bonds is 5. The zero-order valence-electron chi connectivity index (χ0n) is 15.0. The summed E-state index contributed by atoms with van der Waals surface area (Å²) in [5.74, 6) is 0.394. The molecule has 0 spiro atoms. The largest absolute Gasteiger partial charge is 0.512 e. The fourth-order valence-electron chi connectivity index (χ4n) is 3.28. The van der Waals surface area contributed by atoms with Crippen LogP contribution in [0.15, 0.2) is 65.9 Å². The predicted molar refractivity (Wildman–Crippen MR) is 100 cm³/mol. The Kier molecular flexibility index (Phi) is 5.46. The average molecular weight is 353 g/mol. The van der Waals surface area contributed by atoms with E-state index in [1.54, 1.807) is 14.0 Å². The van der Waals surface area contributed by atoms with Gasteiger partial charge in [0.2, 0.25) is 0 Å². The zero-order chi connectivity index (χ0) is 18.5. The number of esters is 1. The number of ether oxygens (including phenoxy) is 2. The Morgan fingerprint density at radius 1 is 1.15 bits per heavy atom. The van der Waals surface area contributed by atoms with Crippen molar-refractivity contribution in [1.29, 1.82) is 0 Å². The van der Waals surface area contributed by atoms with Gasteiger partial charge in [-0.25, -0.2) is 4.79 Å². The van der Waals surface area contributed by atoms with E-state index in [4.69, 9.17) is 9.47 Å². The first-order chi connectivity index (χ1) is 12.7. The molecule has 2 aromatic rings. The maximum absolute atomic E-state index is 12.6. The highest BCUT2D eigenvalue weighted by Crippen LogP contribution is 2.39. The Morgan fingerprint density at radius 3 is 2.46 bits per heavy atom. The third kappa shape index (κ3) is 3.52. The Balaban J connectivity index is 2.07. The fourth-order valence-corrected chi connectivity index (χ4v) is 3.28. The van der Waals surface area contributed by atoms with Gasteiger partial charge in [-0.3, -0.25) is 0 Å². The first-order valence-electron chi connectivity index (χ1n) is 8.70. The number of carbonyl (C=O) groups is 1. The number of aliphatic hydroxyl groups excluding tert-OH is 1. The summed E-state index contributed by atoms with van der Waals surface area (Å²) in [4.78, 5) is 14.7. The second-order valence-corrected chi connectivity index (χ2v) is 6.04. The second-order valence-electron chi connectivity index (χ2n) is 6.04. The summed E-state index contributed by atoms with van der Waals surface area (Å²) in [5, 5.41) is 10.5. The summed E-state index contributed by atoms with van der Waals surface area (Å²) >= 11 is 0. The van der Waals surface area contributed by atoms with Gasteiger partial charge in [0.15, 0.2) is 0 Å². The molecule has 1 N–H and O–H groups in total. The van der Waals surface area contributed by atoms with Gasteiger partial charge in [0, 0.05) is 18.7 Å². The normalized spacial score (nSPS) is 17.2. The number of hydrogen-bond acceptors (Lipinski definition) is 5. The topological polar surface area (TPSA) is 59.0 Å². The Labute approximate surface area is 153 Å². The minimum Gasteiger partial charge on any atom is -0.512 e. The van der Waals surface area contributed by atoms with Crippen LogP contribution in [0.5, 0.6) is 5.75 Å². The SMILES string of the molecule is CCOC(=O)C1=C(O)CCN(c2ccc(OC)cc2)C1c1ccccc1. The van der Waals surface area contributed by atoms with Crippen molar-refractivity contribution in [2.24, 2.45) is 0 Å². The molecule has 1 heterocycles. The van der Waals surface area contributed by atoms with Gasteiger partial charge in [-0.05, 0) is 36.8 Å². The Bertz CT molecular complexity index is 783. The lowest BCUT2D eigenvalue weighted by atomic mass is 9.91. The van der Waals surface area contributed by atoms with E-state index in [1.807, 2.05) is 54.6 Å². The van der Waals surface area contributed by atoms with Crippen LogP contribution in [0.1, 0.15) is 24.9 Å². The average Bonchev–Trinajstić information content (AvgIpc) is 2.68. The van der Waals surface area contributed by atoms with Gasteiger partial charge in [-0.1, -0.05) is 30.3 Å². The van der Waals surface area contributed by atoms with Crippen LogP contribution in [-0.2, 0) is 9.53 Å². The van der Waals surface area contributed by atoms with E-state index in [1.165, 1.54) is 0 Å². The first kappa shape index (κ1) is 17.9. The first-order valence-corrected chi connectivity index (χ1v) is 8.70. The molecule has 136 valence electrons. The summed E-state index contributed by atoms with van der Waals surface area (Å²) in [6.45, 7) is 2.62. The number of anilines is 1. The van der Waals surface area contributed by atoms with Crippen LogP contribution in [-0.4, -0.2) is 31.3 Å². The number of aliphatic hydroxyl groups is 1. The van der Waals surface area contributed by atoms with Crippen molar-refractivity contribution in [1.82, 2.24) is 0 Å². The van der Waals surface area contributed by atoms with Crippen LogP contribution < -0.4 is 9.64 Å². The molecule has 1 aliphatic rings. The van der Waals surface area contributed by atoms with E-state index in [0.29, 0.717) is 18.5 Å². The quantitative estimate of drug-likeness (QED) is 0.823. The Hall–Kier alpha value is -2.95. The van der Waals surface area contributed by atoms with E-state index in [0.717, 1.165) is 17.0 Å². The highest BCUT2D eigenvalue weighted by Gasteiger charge is 2.36. The van der Waals surface area contributed by atoms with Gasteiger partial charge in [0.05, 0.1) is 19.8 Å². The standard InChI is InChI=1S/C21H23NO4/c1-3-26-21(24)19-18(23)13-14-22(16-9-11-17(25-2)12-10-16)20(19)15-7-5-4-6-8-15/h4-12,20,23H,3,13-14H2,1-2H3. The molecule has 0 bridgehead atoms. The van der Waals surface area contributed by atoms with Gasteiger partial charge < -0.3 is 19.5 Å². The Morgan fingerprint density at radius 2 is 1.85 bits per heavy atom. The van der Waals surface area contributed by atoms with Gasteiger partial charge in [0.1, 0.15) is 17.1 Å². The second kappa shape index (κ2) is 7.95. The van der Waals surface area contributed by atoms with Crippen molar-refractivity contribution in [3.05, 3.63) is 71.5 Å². The molecule has 0 saturated carbocycles. The molecule has 26 heavy (non-hydrogen) atoms. The van der Waals surface area contributed by atoms with Crippen LogP contribution in [0, 0.1) is 0 Å². The smallest absolute Gasteiger partial charge is 0.339 e. The molecule has 1 atom stereocenters. The van der Waals surface area contributed by atoms with E-state index in [2.05, 4.69) is 4.90 Å². The highest BCUT2D eigenvalue weighted by atomic mass is 16.5. The summed E-state index contributed by atoms with van der Waals surface area (Å²) in [7, 11) is 1.63. The van der Waals surface area contributed by atoms with Crippen LogP contribution in [0.4, 0.5) is 5.69 Å². The van der Waals surface area contributed by atoms with Gasteiger partial charge in [0.25, 0.3) is 0 Å². The lowest BCUT2D eigenvalue weighted by Gasteiger charge is -2.38. The van der Waals surface area contributed by atoms with E-state index < -0.39 is 12.0 Å². The van der Waals surface area contributed by atoms with Gasteiger partial charge in [-0.2, -0.15) is 0 Å². The van der Waals surface area contributed by atoms with E-state index in [9.17, 15) is 9.90 Å². The lowest BCUT2D eigenvalue weighted by Crippen LogP contribution is -2.38. The summed E-state index contributed by atoms with van der Waals surface area (Å²) in [6, 6.07) is 17.0. The molecule has 5 nitrogen and oxygen atoms in total. The third-order valence-corrected chi connectivity index (χ3v) is 4.50. The molecule has 1 unspecified atom stereocenters. The number of nitrogens with zero attached hydrogens (tertiary/aromatic N) is 1. The monoisotopic (exact) mass is 353 g/mol. The molecular formula is C21H23NO4. The summed E-state index contributed by atoms with van der Waals surface area (Å²) < 4.78 is 10.5. The predicted octanol–water partition coefficient (Wildman–Crippen LogP) is 4.02. The molecule has 0 amide bonds. The third-order valence-electron chi connectivity index (χ3n) is 4.50. The van der Waals surface area contributed by atoms with E-state index in [-0.39, 0.29) is 12.4 Å². The highest BCUT2D eigenvalue weighted by molar-refractivity contribution is 5.92. The summed E-state index contributed by atoms with van der Waals surface area (Å²) in [5.41, 5.74) is 2.19. The maximum Gasteiger partial charge on any atom is 0.339 e. The van der Waals surface area contributed by atoms with E-state index >= 15 is 0 Å². The molecule has 5 heteroatoms. The number of hydrogen-bond donors (Lipinski definition) is 1.